The molecule has 10 heteroatoms. The molecule has 0 unspecified atom stereocenters. The summed E-state index contributed by atoms with van der Waals surface area (Å²) in [6, 6.07) is 12.9. The van der Waals surface area contributed by atoms with Crippen molar-refractivity contribution in [3.05, 3.63) is 64.2 Å². The molecule has 0 saturated carbocycles. The zero-order valence-electron chi connectivity index (χ0n) is 17.0. The minimum Gasteiger partial charge on any atom is -0.379 e. The lowest BCUT2D eigenvalue weighted by Crippen LogP contribution is -2.43. The molecule has 0 amide bonds. The standard InChI is InChI=1S/C20H26N4O5S/c1-22(2)17-8-6-16(7-9-17)20(23-10-12-29-13-11-23)15-21-30(27,28)19-5-3-4-18(14-19)24(25)26/h3-9,14,20-21H,10-13,15H2,1-2H3/t20-/m0/s1. The quantitative estimate of drug-likeness (QED) is 0.500. The van der Waals surface area contributed by atoms with Gasteiger partial charge in [-0.3, -0.25) is 15.0 Å². The second kappa shape index (κ2) is 9.52. The Morgan fingerprint density at radius 3 is 2.43 bits per heavy atom. The summed E-state index contributed by atoms with van der Waals surface area (Å²) >= 11 is 0. The second-order valence-electron chi connectivity index (χ2n) is 7.26. The third-order valence-electron chi connectivity index (χ3n) is 5.09. The summed E-state index contributed by atoms with van der Waals surface area (Å²) in [6.45, 7) is 2.71. The molecule has 0 bridgehead atoms. The first-order chi connectivity index (χ1) is 14.3. The van der Waals surface area contributed by atoms with Crippen LogP contribution in [0.4, 0.5) is 11.4 Å². The zero-order valence-corrected chi connectivity index (χ0v) is 17.8. The minimum absolute atomic E-state index is 0.125. The summed E-state index contributed by atoms with van der Waals surface area (Å²) in [5, 5.41) is 11.0. The van der Waals surface area contributed by atoms with E-state index in [4.69, 9.17) is 4.74 Å². The van der Waals surface area contributed by atoms with Gasteiger partial charge < -0.3 is 9.64 Å². The number of nitro groups is 1. The Morgan fingerprint density at radius 1 is 1.17 bits per heavy atom. The van der Waals surface area contributed by atoms with Crippen LogP contribution in [0.2, 0.25) is 0 Å². The number of ether oxygens (including phenoxy) is 1. The van der Waals surface area contributed by atoms with Gasteiger partial charge in [0.25, 0.3) is 5.69 Å². The van der Waals surface area contributed by atoms with Gasteiger partial charge >= 0.3 is 0 Å². The van der Waals surface area contributed by atoms with Gasteiger partial charge in [-0.1, -0.05) is 18.2 Å². The number of rotatable bonds is 8. The Bertz CT molecular complexity index is 973. The lowest BCUT2D eigenvalue weighted by Gasteiger charge is -2.35. The summed E-state index contributed by atoms with van der Waals surface area (Å²) < 4.78 is 33.6. The fourth-order valence-corrected chi connectivity index (χ4v) is 4.46. The molecule has 0 spiro atoms. The van der Waals surface area contributed by atoms with Crippen LogP contribution in [0.1, 0.15) is 11.6 Å². The average Bonchev–Trinajstić information content (AvgIpc) is 2.75. The Morgan fingerprint density at radius 2 is 1.83 bits per heavy atom. The Hall–Kier alpha value is -2.53. The van der Waals surface area contributed by atoms with Crippen LogP contribution < -0.4 is 9.62 Å². The van der Waals surface area contributed by atoms with Crippen molar-refractivity contribution in [2.75, 3.05) is 51.8 Å². The molecule has 9 nitrogen and oxygen atoms in total. The molecule has 1 N–H and O–H groups in total. The summed E-state index contributed by atoms with van der Waals surface area (Å²) in [4.78, 5) is 14.4. The van der Waals surface area contributed by atoms with Crippen molar-refractivity contribution >= 4 is 21.4 Å². The van der Waals surface area contributed by atoms with E-state index in [1.54, 1.807) is 0 Å². The van der Waals surface area contributed by atoms with Gasteiger partial charge in [0.15, 0.2) is 0 Å². The first-order valence-electron chi connectivity index (χ1n) is 9.61. The molecular weight excluding hydrogens is 408 g/mol. The van der Waals surface area contributed by atoms with Gasteiger partial charge in [0, 0.05) is 57.6 Å². The smallest absolute Gasteiger partial charge is 0.270 e. The summed E-state index contributed by atoms with van der Waals surface area (Å²) in [6.07, 6.45) is 0. The Labute approximate surface area is 176 Å². The van der Waals surface area contributed by atoms with Crippen LogP contribution >= 0.6 is 0 Å². The monoisotopic (exact) mass is 434 g/mol. The van der Waals surface area contributed by atoms with E-state index in [0.29, 0.717) is 26.3 Å². The van der Waals surface area contributed by atoms with Gasteiger partial charge in [0.05, 0.1) is 23.0 Å². The highest BCUT2D eigenvalue weighted by atomic mass is 32.2. The third-order valence-corrected chi connectivity index (χ3v) is 6.51. The Kier molecular flexibility index (Phi) is 7.03. The molecule has 1 heterocycles. The van der Waals surface area contributed by atoms with E-state index in [0.717, 1.165) is 17.3 Å². The third kappa shape index (κ3) is 5.33. The summed E-state index contributed by atoms with van der Waals surface area (Å²) in [7, 11) is 0.0197. The van der Waals surface area contributed by atoms with Crippen LogP contribution in [0.3, 0.4) is 0 Å². The van der Waals surface area contributed by atoms with E-state index in [1.807, 2.05) is 43.3 Å². The molecule has 1 fully saturated rings. The molecule has 30 heavy (non-hydrogen) atoms. The molecule has 0 aromatic heterocycles. The molecule has 1 atom stereocenters. The van der Waals surface area contributed by atoms with E-state index in [2.05, 4.69) is 9.62 Å². The van der Waals surface area contributed by atoms with Crippen molar-refractivity contribution in [1.29, 1.82) is 0 Å². The number of nitro benzene ring substituents is 1. The molecule has 162 valence electrons. The predicted molar refractivity (Wildman–Crippen MR) is 114 cm³/mol. The van der Waals surface area contributed by atoms with Crippen LogP contribution in [0.15, 0.2) is 53.4 Å². The van der Waals surface area contributed by atoms with Crippen LogP contribution in [0.5, 0.6) is 0 Å². The minimum atomic E-state index is -3.90. The van der Waals surface area contributed by atoms with E-state index < -0.39 is 14.9 Å². The molecule has 1 aliphatic rings. The van der Waals surface area contributed by atoms with Gasteiger partial charge in [0.1, 0.15) is 0 Å². The van der Waals surface area contributed by atoms with Crippen LogP contribution in [-0.2, 0) is 14.8 Å². The highest BCUT2D eigenvalue weighted by Crippen LogP contribution is 2.25. The fraction of sp³-hybridized carbons (Fsp3) is 0.400. The van der Waals surface area contributed by atoms with Crippen molar-refractivity contribution in [1.82, 2.24) is 9.62 Å². The number of hydrogen-bond acceptors (Lipinski definition) is 7. The fourth-order valence-electron chi connectivity index (χ4n) is 3.38. The molecular formula is C20H26N4O5S. The normalized spacial score (nSPS) is 16.2. The largest absolute Gasteiger partial charge is 0.379 e. The lowest BCUT2D eigenvalue weighted by molar-refractivity contribution is -0.385. The number of benzene rings is 2. The summed E-state index contributed by atoms with van der Waals surface area (Å²) in [5.74, 6) is 0. The van der Waals surface area contributed by atoms with Crippen LogP contribution in [0.25, 0.3) is 0 Å². The van der Waals surface area contributed by atoms with Crippen LogP contribution in [-0.4, -0.2) is 65.2 Å². The maximum absolute atomic E-state index is 12.8. The van der Waals surface area contributed by atoms with Gasteiger partial charge in [-0.25, -0.2) is 13.1 Å². The van der Waals surface area contributed by atoms with Crippen molar-refractivity contribution in [2.45, 2.75) is 10.9 Å². The van der Waals surface area contributed by atoms with Crippen LogP contribution in [0, 0.1) is 10.1 Å². The first-order valence-corrected chi connectivity index (χ1v) is 11.1. The maximum Gasteiger partial charge on any atom is 0.270 e. The van der Waals surface area contributed by atoms with Crippen molar-refractivity contribution in [3.63, 3.8) is 0 Å². The van der Waals surface area contributed by atoms with E-state index in [-0.39, 0.29) is 23.2 Å². The molecule has 0 radical (unpaired) electrons. The number of hydrogen-bond donors (Lipinski definition) is 1. The van der Waals surface area contributed by atoms with Gasteiger partial charge in [-0.15, -0.1) is 0 Å². The number of sulfonamides is 1. The van der Waals surface area contributed by atoms with Crippen molar-refractivity contribution < 1.29 is 18.1 Å². The zero-order chi connectivity index (χ0) is 21.7. The van der Waals surface area contributed by atoms with Gasteiger partial charge in [0.2, 0.25) is 10.0 Å². The van der Waals surface area contributed by atoms with Gasteiger partial charge in [-0.2, -0.15) is 0 Å². The molecule has 3 rings (SSSR count). The van der Waals surface area contributed by atoms with Gasteiger partial charge in [-0.05, 0) is 23.8 Å². The number of morpholine rings is 1. The average molecular weight is 435 g/mol. The molecule has 1 saturated heterocycles. The molecule has 0 aliphatic carbocycles. The number of anilines is 1. The highest BCUT2D eigenvalue weighted by Gasteiger charge is 2.26. The van der Waals surface area contributed by atoms with E-state index in [1.165, 1.54) is 18.2 Å². The summed E-state index contributed by atoms with van der Waals surface area (Å²) in [5.41, 5.74) is 1.78. The molecule has 1 aliphatic heterocycles. The lowest BCUT2D eigenvalue weighted by atomic mass is 10.0. The number of nitrogens with zero attached hydrogens (tertiary/aromatic N) is 3. The molecule has 2 aromatic carbocycles. The van der Waals surface area contributed by atoms with E-state index >= 15 is 0 Å². The molecule has 2 aromatic rings. The highest BCUT2D eigenvalue weighted by molar-refractivity contribution is 7.89. The van der Waals surface area contributed by atoms with Crippen molar-refractivity contribution in [3.8, 4) is 0 Å². The first kappa shape index (κ1) is 22.2. The van der Waals surface area contributed by atoms with Crippen molar-refractivity contribution in [2.24, 2.45) is 0 Å². The second-order valence-corrected chi connectivity index (χ2v) is 9.02. The SMILES string of the molecule is CN(C)c1ccc([C@H](CNS(=O)(=O)c2cccc([N+](=O)[O-])c2)N2CCOCC2)cc1. The number of non-ortho nitro benzene ring substituents is 1. The Balaban J connectivity index is 1.82. The van der Waals surface area contributed by atoms with E-state index in [9.17, 15) is 18.5 Å². The number of nitrogens with one attached hydrogen (secondary N) is 1. The maximum atomic E-state index is 12.8. The predicted octanol–water partition coefficient (Wildman–Crippen LogP) is 2.01. The topological polar surface area (TPSA) is 105 Å².